The van der Waals surface area contributed by atoms with Gasteiger partial charge in [-0.25, -0.2) is 4.39 Å². The van der Waals surface area contributed by atoms with E-state index in [4.69, 9.17) is 0 Å². The van der Waals surface area contributed by atoms with Gasteiger partial charge in [-0.05, 0) is 49.4 Å². The molecule has 0 spiro atoms. The lowest BCUT2D eigenvalue weighted by molar-refractivity contribution is 0.321. The third-order valence-corrected chi connectivity index (χ3v) is 5.04. The first-order chi connectivity index (χ1) is 11.2. The highest BCUT2D eigenvalue weighted by Gasteiger charge is 2.34. The topological polar surface area (TPSA) is 39.7 Å². The van der Waals surface area contributed by atoms with Crippen LogP contribution in [0.25, 0.3) is 0 Å². The molecule has 1 aromatic carbocycles. The van der Waals surface area contributed by atoms with Gasteiger partial charge < -0.3 is 10.6 Å². The number of nitrogens with one attached hydrogen (secondary N) is 2. The van der Waals surface area contributed by atoms with Crippen molar-refractivity contribution in [2.75, 3.05) is 26.7 Å². The molecule has 1 heterocycles. The largest absolute Gasteiger partial charge is 0.356 e. The molecule has 0 bridgehead atoms. The highest BCUT2D eigenvalue weighted by molar-refractivity contribution is 14.0. The molecule has 1 unspecified atom stereocenters. The number of nitrogens with zero attached hydrogens (tertiary/aromatic N) is 2. The fourth-order valence-electron chi connectivity index (χ4n) is 3.11. The van der Waals surface area contributed by atoms with Crippen molar-refractivity contribution in [3.8, 4) is 0 Å². The highest BCUT2D eigenvalue weighted by Crippen LogP contribution is 2.29. The Morgan fingerprint density at radius 3 is 2.88 bits per heavy atom. The van der Waals surface area contributed by atoms with Crippen LogP contribution in [0.3, 0.4) is 0 Å². The number of likely N-dealkylation sites (tertiary alicyclic amines) is 1. The maximum Gasteiger partial charge on any atom is 0.191 e. The Morgan fingerprint density at radius 2 is 2.17 bits per heavy atom. The van der Waals surface area contributed by atoms with E-state index >= 15 is 0 Å². The van der Waals surface area contributed by atoms with Gasteiger partial charge in [0.05, 0.1) is 0 Å². The molecule has 1 saturated carbocycles. The Labute approximate surface area is 168 Å². The first kappa shape index (κ1) is 19.9. The summed E-state index contributed by atoms with van der Waals surface area (Å²) < 4.78 is 14.6. The molecule has 1 saturated heterocycles. The number of rotatable bonds is 5. The van der Waals surface area contributed by atoms with E-state index < -0.39 is 0 Å². The molecule has 1 atom stereocenters. The number of halogens is 3. The molecular formula is C17H25BrFIN4. The minimum atomic E-state index is -0.159. The quantitative estimate of drug-likeness (QED) is 0.363. The Hall–Kier alpha value is -0.410. The lowest BCUT2D eigenvalue weighted by atomic mass is 10.1. The normalized spacial score (nSPS) is 21.5. The fourth-order valence-corrected chi connectivity index (χ4v) is 3.52. The van der Waals surface area contributed by atoms with Crippen molar-refractivity contribution in [2.45, 2.75) is 37.8 Å². The van der Waals surface area contributed by atoms with E-state index in [2.05, 4.69) is 36.5 Å². The molecule has 2 aliphatic rings. The number of benzene rings is 1. The van der Waals surface area contributed by atoms with Gasteiger partial charge in [0.15, 0.2) is 5.96 Å². The van der Waals surface area contributed by atoms with Crippen LogP contribution in [0.5, 0.6) is 0 Å². The van der Waals surface area contributed by atoms with E-state index in [0.29, 0.717) is 24.6 Å². The van der Waals surface area contributed by atoms with Crippen molar-refractivity contribution in [1.29, 1.82) is 0 Å². The van der Waals surface area contributed by atoms with Crippen molar-refractivity contribution >= 4 is 45.9 Å². The Kier molecular flexibility index (Phi) is 7.74. The van der Waals surface area contributed by atoms with Gasteiger partial charge in [-0.3, -0.25) is 9.89 Å². The maximum atomic E-state index is 13.7. The van der Waals surface area contributed by atoms with E-state index in [-0.39, 0.29) is 29.8 Å². The zero-order valence-corrected chi connectivity index (χ0v) is 17.8. The van der Waals surface area contributed by atoms with Gasteiger partial charge >= 0.3 is 0 Å². The van der Waals surface area contributed by atoms with Gasteiger partial charge in [-0.2, -0.15) is 0 Å². The predicted octanol–water partition coefficient (Wildman–Crippen LogP) is 3.15. The van der Waals surface area contributed by atoms with Gasteiger partial charge in [0.25, 0.3) is 0 Å². The number of aliphatic imine (C=N–C) groups is 1. The minimum Gasteiger partial charge on any atom is -0.356 e. The van der Waals surface area contributed by atoms with Crippen LogP contribution < -0.4 is 10.6 Å². The second kappa shape index (κ2) is 9.33. The van der Waals surface area contributed by atoms with Crippen molar-refractivity contribution in [1.82, 2.24) is 15.5 Å². The summed E-state index contributed by atoms with van der Waals surface area (Å²) in [5.74, 6) is 0.650. The zero-order chi connectivity index (χ0) is 16.2. The summed E-state index contributed by atoms with van der Waals surface area (Å²) in [5.41, 5.74) is 0.711. The SMILES string of the molecule is CN=C(NCCc1cc(Br)ccc1F)NC1CCN(C2CC2)C1.I. The zero-order valence-electron chi connectivity index (χ0n) is 13.9. The lowest BCUT2D eigenvalue weighted by Gasteiger charge is -2.18. The van der Waals surface area contributed by atoms with Gasteiger partial charge in [-0.1, -0.05) is 15.9 Å². The first-order valence-corrected chi connectivity index (χ1v) is 9.10. The van der Waals surface area contributed by atoms with E-state index in [1.807, 2.05) is 6.07 Å². The molecule has 3 rings (SSSR count). The Balaban J connectivity index is 0.00000208. The molecule has 7 heteroatoms. The van der Waals surface area contributed by atoms with Crippen LogP contribution in [0.1, 0.15) is 24.8 Å². The van der Waals surface area contributed by atoms with Crippen molar-refractivity contribution in [3.63, 3.8) is 0 Å². The van der Waals surface area contributed by atoms with Crippen molar-refractivity contribution in [3.05, 3.63) is 34.1 Å². The van der Waals surface area contributed by atoms with Crippen LogP contribution in [-0.4, -0.2) is 49.6 Å². The maximum absolute atomic E-state index is 13.7. The van der Waals surface area contributed by atoms with Gasteiger partial charge in [0.2, 0.25) is 0 Å². The van der Waals surface area contributed by atoms with E-state index in [9.17, 15) is 4.39 Å². The second-order valence-corrected chi connectivity index (χ2v) is 7.26. The Bertz CT molecular complexity index is 580. The van der Waals surface area contributed by atoms with Crippen LogP contribution in [0.2, 0.25) is 0 Å². The van der Waals surface area contributed by atoms with Crippen molar-refractivity contribution in [2.24, 2.45) is 4.99 Å². The molecule has 1 aliphatic heterocycles. The molecule has 1 aromatic rings. The van der Waals surface area contributed by atoms with E-state index in [0.717, 1.165) is 29.4 Å². The van der Waals surface area contributed by atoms with Crippen LogP contribution >= 0.6 is 39.9 Å². The molecule has 1 aliphatic carbocycles. The second-order valence-electron chi connectivity index (χ2n) is 6.34. The van der Waals surface area contributed by atoms with E-state index in [1.54, 1.807) is 13.1 Å². The summed E-state index contributed by atoms with van der Waals surface area (Å²) in [7, 11) is 1.78. The molecule has 2 N–H and O–H groups in total. The summed E-state index contributed by atoms with van der Waals surface area (Å²) in [4.78, 5) is 6.85. The molecule has 0 amide bonds. The number of hydrogen-bond acceptors (Lipinski definition) is 2. The Morgan fingerprint density at radius 1 is 1.38 bits per heavy atom. The summed E-state index contributed by atoms with van der Waals surface area (Å²) in [6, 6.07) is 6.34. The first-order valence-electron chi connectivity index (χ1n) is 8.31. The molecule has 2 fully saturated rings. The summed E-state index contributed by atoms with van der Waals surface area (Å²) in [6.07, 6.45) is 4.51. The predicted molar refractivity (Wildman–Crippen MR) is 111 cm³/mol. The number of guanidine groups is 1. The molecule has 134 valence electrons. The van der Waals surface area contributed by atoms with Crippen LogP contribution in [-0.2, 0) is 6.42 Å². The molecule has 0 radical (unpaired) electrons. The third kappa shape index (κ3) is 5.56. The molecule has 0 aromatic heterocycles. The monoisotopic (exact) mass is 510 g/mol. The lowest BCUT2D eigenvalue weighted by Crippen LogP contribution is -2.45. The average Bonchev–Trinajstić information content (AvgIpc) is 3.29. The fraction of sp³-hybridized carbons (Fsp3) is 0.588. The third-order valence-electron chi connectivity index (χ3n) is 4.54. The molecular weight excluding hydrogens is 486 g/mol. The summed E-state index contributed by atoms with van der Waals surface area (Å²) >= 11 is 3.38. The smallest absolute Gasteiger partial charge is 0.191 e. The van der Waals surface area contributed by atoms with Crippen LogP contribution in [0.15, 0.2) is 27.7 Å². The van der Waals surface area contributed by atoms with Gasteiger partial charge in [0, 0.05) is 43.2 Å². The van der Waals surface area contributed by atoms with Crippen molar-refractivity contribution < 1.29 is 4.39 Å². The molecule has 4 nitrogen and oxygen atoms in total. The number of hydrogen-bond donors (Lipinski definition) is 2. The van der Waals surface area contributed by atoms with Gasteiger partial charge in [0.1, 0.15) is 5.82 Å². The average molecular weight is 511 g/mol. The van der Waals surface area contributed by atoms with Crippen LogP contribution in [0, 0.1) is 5.82 Å². The highest BCUT2D eigenvalue weighted by atomic mass is 127. The van der Waals surface area contributed by atoms with Crippen LogP contribution in [0.4, 0.5) is 4.39 Å². The standard InChI is InChI=1S/C17H24BrFN4.HI/c1-20-17(22-14-7-9-23(11-14)15-3-4-15)21-8-6-12-10-13(18)2-5-16(12)19;/h2,5,10,14-15H,3-4,6-9,11H2,1H3,(H2,20,21,22);1H. The van der Waals surface area contributed by atoms with E-state index in [1.165, 1.54) is 25.5 Å². The summed E-state index contributed by atoms with van der Waals surface area (Å²) in [5, 5.41) is 6.77. The molecule has 24 heavy (non-hydrogen) atoms. The van der Waals surface area contributed by atoms with Gasteiger partial charge in [-0.15, -0.1) is 24.0 Å². The minimum absolute atomic E-state index is 0. The summed E-state index contributed by atoms with van der Waals surface area (Å²) in [6.45, 7) is 2.94.